The van der Waals surface area contributed by atoms with E-state index in [1.54, 1.807) is 0 Å². The van der Waals surface area contributed by atoms with Gasteiger partial charge in [0.1, 0.15) is 0 Å². The Morgan fingerprint density at radius 2 is 0.646 bits per heavy atom. The Morgan fingerprint density at radius 1 is 0.365 bits per heavy atom. The molecule has 10 rings (SSSR count). The third-order valence-electron chi connectivity index (χ3n) is 15.0. The predicted molar refractivity (Wildman–Crippen MR) is 415 cm³/mol. The van der Waals surface area contributed by atoms with E-state index in [0.717, 1.165) is 62.6 Å². The summed E-state index contributed by atoms with van der Waals surface area (Å²) in [5, 5.41) is 9.03. The van der Waals surface area contributed by atoms with Crippen LogP contribution in [0, 0.1) is 47.6 Å². The molecule has 6 heteroatoms. The van der Waals surface area contributed by atoms with Crippen molar-refractivity contribution in [3.8, 4) is 0 Å². The van der Waals surface area contributed by atoms with Gasteiger partial charge in [-0.1, -0.05) is 189 Å². The summed E-state index contributed by atoms with van der Waals surface area (Å²) in [5.74, 6) is 1.85. The summed E-state index contributed by atoms with van der Waals surface area (Å²) in [7, 11) is 0. The molecule has 0 unspecified atom stereocenters. The maximum Gasteiger partial charge on any atom is 4.00 e. The van der Waals surface area contributed by atoms with Gasteiger partial charge in [0, 0.05) is 17.9 Å². The van der Waals surface area contributed by atoms with Gasteiger partial charge in [-0.2, -0.15) is 178 Å². The van der Waals surface area contributed by atoms with Gasteiger partial charge in [0.15, 0.2) is 0 Å². The third-order valence-corrected chi connectivity index (χ3v) is 15.0. The van der Waals surface area contributed by atoms with Gasteiger partial charge in [0.2, 0.25) is 0 Å². The molecular formula is C90H108N4Zr2. The Balaban J connectivity index is 0.000000597. The van der Waals surface area contributed by atoms with E-state index in [9.17, 15) is 0 Å². The largest absolute Gasteiger partial charge is 4.00 e. The zero-order valence-corrected chi connectivity index (χ0v) is 65.2. The molecule has 0 aliphatic heterocycles. The number of nitrogens with zero attached hydrogens (tertiary/aromatic N) is 3. The molecule has 0 heterocycles. The molecule has 0 amide bonds. The van der Waals surface area contributed by atoms with Crippen molar-refractivity contribution in [2.24, 2.45) is 9.98 Å². The van der Waals surface area contributed by atoms with Crippen LogP contribution in [0.5, 0.6) is 0 Å². The normalized spacial score (nSPS) is 10.6. The fourth-order valence-corrected chi connectivity index (χ4v) is 8.88. The topological polar surface area (TPSA) is 50.9 Å². The van der Waals surface area contributed by atoms with Crippen LogP contribution in [0.1, 0.15) is 187 Å². The zero-order chi connectivity index (χ0) is 69.3. The fourth-order valence-electron chi connectivity index (χ4n) is 8.88. The van der Waals surface area contributed by atoms with Gasteiger partial charge in [0.25, 0.3) is 0 Å². The molecule has 0 aromatic heterocycles. The van der Waals surface area contributed by atoms with Crippen molar-refractivity contribution in [3.63, 3.8) is 0 Å². The first-order chi connectivity index (χ1) is 44.8. The van der Waals surface area contributed by atoms with E-state index >= 15 is 0 Å². The second-order valence-corrected chi connectivity index (χ2v) is 25.2. The van der Waals surface area contributed by atoms with Crippen LogP contribution in [0.3, 0.4) is 0 Å². The molecule has 0 radical (unpaired) electrons. The number of hydrogen-bond acceptors (Lipinski definition) is 3. The number of benzene rings is 10. The molecule has 496 valence electrons. The molecule has 0 fully saturated rings. The minimum Gasteiger partial charge on any atom is -0.674 e. The summed E-state index contributed by atoms with van der Waals surface area (Å²) >= 11 is 0. The van der Waals surface area contributed by atoms with E-state index in [1.807, 2.05) is 206 Å². The average Bonchev–Trinajstić information content (AvgIpc) is 0.823. The van der Waals surface area contributed by atoms with Gasteiger partial charge in [-0.25, -0.2) is 0 Å². The van der Waals surface area contributed by atoms with Crippen LogP contribution in [-0.4, -0.2) is 22.5 Å². The smallest absolute Gasteiger partial charge is 0.674 e. The summed E-state index contributed by atoms with van der Waals surface area (Å²) in [6.45, 7) is 54.6. The van der Waals surface area contributed by atoms with Crippen LogP contribution in [-0.2, 0) is 65.5 Å². The van der Waals surface area contributed by atoms with E-state index in [0.29, 0.717) is 30.2 Å². The van der Waals surface area contributed by atoms with E-state index in [-0.39, 0.29) is 63.5 Å². The van der Waals surface area contributed by atoms with Crippen LogP contribution >= 0.6 is 0 Å². The molecule has 96 heavy (non-hydrogen) atoms. The SMILES string of the molecule is CC(=NCc1[c-]cccc1)C(C)(C)[N-]c1c(C(C)C)cccc1C(C)C.CC(=NCc1ccccc1)C(C)(C)Nc1c(C(C)C)cccc1C(C)C.[CH2-]c1ccccc1.[CH2-]c1ccccc1.[CH2-]c1ccccc1.[CH2-]c1ccccc1.[CH2-]c1ccccc1.[CH2-]c1ccccc1.[Zr+4].[Zr+4]. The quantitative estimate of drug-likeness (QED) is 0.0856. The van der Waals surface area contributed by atoms with E-state index in [4.69, 9.17) is 15.3 Å². The van der Waals surface area contributed by atoms with Crippen LogP contribution in [0.25, 0.3) is 5.32 Å². The zero-order valence-electron chi connectivity index (χ0n) is 60.3. The summed E-state index contributed by atoms with van der Waals surface area (Å²) in [5.41, 5.74) is 18.2. The first kappa shape index (κ1) is 86.1. The Morgan fingerprint density at radius 3 is 0.917 bits per heavy atom. The van der Waals surface area contributed by atoms with Crippen LogP contribution in [0.2, 0.25) is 0 Å². The molecule has 0 atom stereocenters. The third kappa shape index (κ3) is 35.8. The van der Waals surface area contributed by atoms with Crippen molar-refractivity contribution in [1.29, 1.82) is 0 Å². The molecule has 10 aromatic carbocycles. The number of para-hydroxylation sites is 2. The van der Waals surface area contributed by atoms with Gasteiger partial charge >= 0.3 is 52.4 Å². The van der Waals surface area contributed by atoms with Gasteiger partial charge < -0.3 is 10.6 Å². The molecule has 0 saturated carbocycles. The van der Waals surface area contributed by atoms with Crippen molar-refractivity contribution in [2.75, 3.05) is 5.32 Å². The Kier molecular flexibility index (Phi) is 43.0. The number of hydrogen-bond donors (Lipinski definition) is 1. The first-order valence-corrected chi connectivity index (χ1v) is 32.8. The van der Waals surface area contributed by atoms with Crippen molar-refractivity contribution in [1.82, 2.24) is 0 Å². The maximum atomic E-state index is 5.20. The first-order valence-electron chi connectivity index (χ1n) is 32.8. The predicted octanol–water partition coefficient (Wildman–Crippen LogP) is 25.2. The number of anilines is 1. The Hall–Kier alpha value is -7.87. The maximum absolute atomic E-state index is 5.20. The van der Waals surface area contributed by atoms with Crippen LogP contribution < -0.4 is 5.32 Å². The molecule has 4 nitrogen and oxygen atoms in total. The fraction of sp³-hybridized carbons (Fsp3) is 0.244. The number of rotatable bonds is 14. The molecule has 1 N–H and O–H groups in total. The molecule has 0 spiro atoms. The summed E-state index contributed by atoms with van der Waals surface area (Å²) in [4.78, 5) is 9.67. The molecule has 10 aromatic rings. The molecule has 0 saturated heterocycles. The summed E-state index contributed by atoms with van der Waals surface area (Å²) < 4.78 is 0. The Labute approximate surface area is 622 Å². The number of nitrogens with one attached hydrogen (secondary N) is 1. The molecular weight excluding hydrogens is 1320 g/mol. The van der Waals surface area contributed by atoms with E-state index < -0.39 is 0 Å². The van der Waals surface area contributed by atoms with E-state index in [1.165, 1.54) is 33.5 Å². The van der Waals surface area contributed by atoms with Crippen molar-refractivity contribution in [2.45, 2.75) is 145 Å². The summed E-state index contributed by atoms with van der Waals surface area (Å²) in [6, 6.07) is 94.1. The minimum atomic E-state index is -0.344. The van der Waals surface area contributed by atoms with E-state index in [2.05, 4.69) is 217 Å². The number of aliphatic imine (C=N–C) groups is 2. The summed E-state index contributed by atoms with van der Waals surface area (Å²) in [6.07, 6.45) is 0. The van der Waals surface area contributed by atoms with Gasteiger partial charge in [0.05, 0.1) is 12.1 Å². The van der Waals surface area contributed by atoms with Gasteiger partial charge in [-0.05, 0) is 73.8 Å². The minimum absolute atomic E-state index is 0. The van der Waals surface area contributed by atoms with Gasteiger partial charge in [-0.3, -0.25) is 9.98 Å². The van der Waals surface area contributed by atoms with Crippen molar-refractivity contribution < 1.29 is 52.4 Å². The molecule has 0 aliphatic carbocycles. The molecule has 0 bridgehead atoms. The Bertz CT molecular complexity index is 3130. The molecule has 0 aliphatic rings. The second-order valence-electron chi connectivity index (χ2n) is 25.2. The van der Waals surface area contributed by atoms with Crippen LogP contribution in [0.15, 0.2) is 283 Å². The van der Waals surface area contributed by atoms with Crippen molar-refractivity contribution >= 4 is 22.8 Å². The van der Waals surface area contributed by atoms with Crippen LogP contribution in [0.4, 0.5) is 11.4 Å². The standard InChI is InChI=1S/C24H34N2.C24H32N2.6C7H7.2Zr/c2*1-17(2)21-14-11-15-22(18(3)4)23(21)26-24(6,7)19(5)25-16-20-12-9-8-10-13-20;6*1-7-5-3-2-4-6-7;;/h8-15,17-18,26H,16H2,1-7H3;8-12,14-15,17-18H,16H2,1-7H3;6*2-6H,1H2;;/q;-2;6*-1;2*+4. The van der Waals surface area contributed by atoms with Gasteiger partial charge in [-0.15, -0.1) is 84.0 Å². The average molecular weight is 1430 g/mol. The van der Waals surface area contributed by atoms with Crippen molar-refractivity contribution in [3.05, 3.63) is 393 Å². The second kappa shape index (κ2) is 47.9. The monoisotopic (exact) mass is 1420 g/mol.